The highest BCUT2D eigenvalue weighted by molar-refractivity contribution is 5.40. The molecule has 0 fully saturated rings. The van der Waals surface area contributed by atoms with E-state index in [1.807, 2.05) is 0 Å². The van der Waals surface area contributed by atoms with Crippen molar-refractivity contribution in [3.8, 4) is 5.75 Å². The number of nitrogens with one attached hydrogen (secondary N) is 1. The van der Waals surface area contributed by atoms with Crippen molar-refractivity contribution in [3.63, 3.8) is 0 Å². The van der Waals surface area contributed by atoms with E-state index in [2.05, 4.69) is 44.3 Å². The van der Waals surface area contributed by atoms with Gasteiger partial charge in [-0.15, -0.1) is 0 Å². The molecule has 1 N–H and O–H groups in total. The van der Waals surface area contributed by atoms with Crippen LogP contribution in [-0.2, 0) is 0 Å². The fourth-order valence-corrected chi connectivity index (χ4v) is 2.27. The molecule has 2 rings (SSSR count). The fourth-order valence-electron chi connectivity index (χ4n) is 2.27. The molecule has 0 radical (unpaired) electrons. The quantitative estimate of drug-likeness (QED) is 0.860. The minimum atomic E-state index is 0.470. The predicted octanol–water partition coefficient (Wildman–Crippen LogP) is 3.45. The lowest BCUT2D eigenvalue weighted by Crippen LogP contribution is -2.28. The van der Waals surface area contributed by atoms with Gasteiger partial charge in [0.15, 0.2) is 0 Å². The molecule has 1 aliphatic rings. The molecule has 0 aromatic heterocycles. The zero-order chi connectivity index (χ0) is 12.3. The molecular weight excluding hydrogens is 210 g/mol. The van der Waals surface area contributed by atoms with Crippen molar-refractivity contribution in [3.05, 3.63) is 29.3 Å². The molecule has 1 aliphatic heterocycles. The highest BCUT2D eigenvalue weighted by Crippen LogP contribution is 2.32. The maximum atomic E-state index is 5.70. The Kier molecular flexibility index (Phi) is 4.06. The molecule has 0 saturated carbocycles. The molecule has 17 heavy (non-hydrogen) atoms. The molecule has 2 nitrogen and oxygen atoms in total. The molecule has 0 amide bonds. The van der Waals surface area contributed by atoms with Crippen molar-refractivity contribution in [1.82, 2.24) is 5.32 Å². The molecule has 94 valence electrons. The first-order valence-electron chi connectivity index (χ1n) is 6.63. The van der Waals surface area contributed by atoms with E-state index < -0.39 is 0 Å². The summed E-state index contributed by atoms with van der Waals surface area (Å²) in [5, 5.41) is 3.66. The van der Waals surface area contributed by atoms with Gasteiger partial charge in [0.05, 0.1) is 6.61 Å². The third-order valence-electron chi connectivity index (χ3n) is 3.32. The topological polar surface area (TPSA) is 21.3 Å². The first-order valence-corrected chi connectivity index (χ1v) is 6.63. The van der Waals surface area contributed by atoms with E-state index in [4.69, 9.17) is 4.74 Å². The van der Waals surface area contributed by atoms with Gasteiger partial charge in [0.2, 0.25) is 0 Å². The number of hydrogen-bond acceptors (Lipinski definition) is 2. The van der Waals surface area contributed by atoms with Crippen molar-refractivity contribution in [1.29, 1.82) is 0 Å². The van der Waals surface area contributed by atoms with Crippen LogP contribution in [0.15, 0.2) is 18.2 Å². The second-order valence-corrected chi connectivity index (χ2v) is 5.37. The summed E-state index contributed by atoms with van der Waals surface area (Å²) in [7, 11) is 0. The minimum Gasteiger partial charge on any atom is -0.493 e. The first kappa shape index (κ1) is 12.4. The van der Waals surface area contributed by atoms with Crippen LogP contribution in [0.3, 0.4) is 0 Å². The second kappa shape index (κ2) is 5.54. The number of benzene rings is 1. The van der Waals surface area contributed by atoms with Gasteiger partial charge < -0.3 is 10.1 Å². The highest BCUT2D eigenvalue weighted by Gasteiger charge is 2.20. The Morgan fingerprint density at radius 3 is 3.00 bits per heavy atom. The van der Waals surface area contributed by atoms with E-state index in [0.29, 0.717) is 6.04 Å². The fraction of sp³-hybridized carbons (Fsp3) is 0.600. The Morgan fingerprint density at radius 1 is 1.41 bits per heavy atom. The van der Waals surface area contributed by atoms with Crippen LogP contribution in [0.1, 0.15) is 43.9 Å². The van der Waals surface area contributed by atoms with Crippen molar-refractivity contribution in [2.75, 3.05) is 13.2 Å². The van der Waals surface area contributed by atoms with E-state index in [9.17, 15) is 0 Å². The number of hydrogen-bond donors (Lipinski definition) is 1. The Hall–Kier alpha value is -1.02. The summed E-state index contributed by atoms with van der Waals surface area (Å²) in [6.07, 6.45) is 2.31. The molecule has 1 aromatic rings. The van der Waals surface area contributed by atoms with Crippen LogP contribution < -0.4 is 10.1 Å². The number of aryl methyl sites for hydroxylation is 1. The van der Waals surface area contributed by atoms with E-state index in [0.717, 1.165) is 31.2 Å². The number of fused-ring (bicyclic) bond motifs is 1. The SMILES string of the molecule is Cc1ccc2c(c1)C(NCCC(C)C)CCO2. The molecule has 1 heterocycles. The summed E-state index contributed by atoms with van der Waals surface area (Å²) >= 11 is 0. The van der Waals surface area contributed by atoms with Gasteiger partial charge in [0, 0.05) is 18.0 Å². The van der Waals surface area contributed by atoms with Crippen LogP contribution >= 0.6 is 0 Å². The van der Waals surface area contributed by atoms with Gasteiger partial charge in [-0.25, -0.2) is 0 Å². The van der Waals surface area contributed by atoms with Crippen molar-refractivity contribution in [2.24, 2.45) is 5.92 Å². The van der Waals surface area contributed by atoms with Crippen LogP contribution in [0, 0.1) is 12.8 Å². The number of rotatable bonds is 4. The molecule has 0 spiro atoms. The van der Waals surface area contributed by atoms with E-state index in [1.54, 1.807) is 0 Å². The lowest BCUT2D eigenvalue weighted by molar-refractivity contribution is 0.251. The third-order valence-corrected chi connectivity index (χ3v) is 3.32. The lowest BCUT2D eigenvalue weighted by atomic mass is 9.98. The summed E-state index contributed by atoms with van der Waals surface area (Å²) in [4.78, 5) is 0. The van der Waals surface area contributed by atoms with Crippen LogP contribution in [0.4, 0.5) is 0 Å². The number of ether oxygens (including phenoxy) is 1. The monoisotopic (exact) mass is 233 g/mol. The van der Waals surface area contributed by atoms with Crippen molar-refractivity contribution in [2.45, 2.75) is 39.7 Å². The average molecular weight is 233 g/mol. The Bertz CT molecular complexity index is 373. The summed E-state index contributed by atoms with van der Waals surface area (Å²) in [6.45, 7) is 8.60. The minimum absolute atomic E-state index is 0.470. The van der Waals surface area contributed by atoms with Gasteiger partial charge in [-0.3, -0.25) is 0 Å². The maximum Gasteiger partial charge on any atom is 0.124 e. The summed E-state index contributed by atoms with van der Waals surface area (Å²) < 4.78 is 5.70. The van der Waals surface area contributed by atoms with E-state index >= 15 is 0 Å². The van der Waals surface area contributed by atoms with Crippen LogP contribution in [-0.4, -0.2) is 13.2 Å². The Morgan fingerprint density at radius 2 is 2.24 bits per heavy atom. The van der Waals surface area contributed by atoms with Crippen LogP contribution in [0.2, 0.25) is 0 Å². The standard InChI is InChI=1S/C15H23NO/c1-11(2)6-8-16-14-7-9-17-15-5-4-12(3)10-13(14)15/h4-5,10-11,14,16H,6-9H2,1-3H3. The van der Waals surface area contributed by atoms with E-state index in [1.165, 1.54) is 17.5 Å². The smallest absolute Gasteiger partial charge is 0.124 e. The zero-order valence-electron chi connectivity index (χ0n) is 11.1. The van der Waals surface area contributed by atoms with Crippen LogP contribution in [0.5, 0.6) is 5.75 Å². The van der Waals surface area contributed by atoms with Crippen molar-refractivity contribution < 1.29 is 4.74 Å². The molecule has 0 saturated heterocycles. The van der Waals surface area contributed by atoms with Crippen molar-refractivity contribution >= 4 is 0 Å². The summed E-state index contributed by atoms with van der Waals surface area (Å²) in [5.41, 5.74) is 2.64. The molecular formula is C15H23NO. The molecule has 2 heteroatoms. The van der Waals surface area contributed by atoms with Gasteiger partial charge in [-0.2, -0.15) is 0 Å². The van der Waals surface area contributed by atoms with Crippen LogP contribution in [0.25, 0.3) is 0 Å². The van der Waals surface area contributed by atoms with Gasteiger partial charge >= 0.3 is 0 Å². The first-order chi connectivity index (χ1) is 8.16. The molecule has 0 aliphatic carbocycles. The van der Waals surface area contributed by atoms with Gasteiger partial charge in [0.1, 0.15) is 5.75 Å². The molecule has 1 unspecified atom stereocenters. The lowest BCUT2D eigenvalue weighted by Gasteiger charge is -2.27. The second-order valence-electron chi connectivity index (χ2n) is 5.37. The van der Waals surface area contributed by atoms with Gasteiger partial charge in [-0.1, -0.05) is 31.5 Å². The molecule has 0 bridgehead atoms. The average Bonchev–Trinajstić information content (AvgIpc) is 2.29. The van der Waals surface area contributed by atoms with Gasteiger partial charge in [0.25, 0.3) is 0 Å². The maximum absolute atomic E-state index is 5.70. The summed E-state index contributed by atoms with van der Waals surface area (Å²) in [5.74, 6) is 1.82. The van der Waals surface area contributed by atoms with E-state index in [-0.39, 0.29) is 0 Å². The zero-order valence-corrected chi connectivity index (χ0v) is 11.1. The summed E-state index contributed by atoms with van der Waals surface area (Å²) in [6, 6.07) is 6.94. The normalized spacial score (nSPS) is 18.9. The third kappa shape index (κ3) is 3.22. The highest BCUT2D eigenvalue weighted by atomic mass is 16.5. The predicted molar refractivity (Wildman–Crippen MR) is 71.5 cm³/mol. The molecule has 1 aromatic carbocycles. The van der Waals surface area contributed by atoms with Gasteiger partial charge in [-0.05, 0) is 31.9 Å². The Labute approximate surface area is 104 Å². The largest absolute Gasteiger partial charge is 0.493 e. The Balaban J connectivity index is 2.03. The molecule has 1 atom stereocenters.